The number of amides is 1. The van der Waals surface area contributed by atoms with E-state index >= 15 is 0 Å². The number of nitrogens with zero attached hydrogens (tertiary/aromatic N) is 3. The standard InChI is InChI=1S/C25H19N3OS/c26-17-20-11-13-22(14-12-20)24(29)28(16-15-19-7-3-1-4-8-19)25-27-23(18-30-25)21-9-5-2-6-10-21/h1-14,18H,15-16H2. The van der Waals surface area contributed by atoms with Crippen LogP contribution in [0.4, 0.5) is 5.13 Å². The molecular formula is C25H19N3OS. The van der Waals surface area contributed by atoms with Crippen molar-refractivity contribution in [3.63, 3.8) is 0 Å². The van der Waals surface area contributed by atoms with Gasteiger partial charge >= 0.3 is 0 Å². The maximum atomic E-state index is 13.3. The highest BCUT2D eigenvalue weighted by Gasteiger charge is 2.21. The molecule has 5 heteroatoms. The third-order valence-corrected chi connectivity index (χ3v) is 5.63. The number of hydrogen-bond donors (Lipinski definition) is 0. The molecular weight excluding hydrogens is 390 g/mol. The van der Waals surface area contributed by atoms with Gasteiger partial charge in [-0.15, -0.1) is 11.3 Å². The molecule has 0 atom stereocenters. The first-order valence-electron chi connectivity index (χ1n) is 9.61. The molecule has 4 rings (SSSR count). The molecule has 0 aliphatic carbocycles. The molecule has 0 fully saturated rings. The molecule has 146 valence electrons. The van der Waals surface area contributed by atoms with Crippen molar-refractivity contribution in [3.05, 3.63) is 107 Å². The third-order valence-electron chi connectivity index (χ3n) is 4.77. The molecule has 30 heavy (non-hydrogen) atoms. The molecule has 4 nitrogen and oxygen atoms in total. The number of carbonyl (C=O) groups is 1. The molecule has 0 bridgehead atoms. The zero-order valence-corrected chi connectivity index (χ0v) is 17.0. The minimum atomic E-state index is -0.121. The lowest BCUT2D eigenvalue weighted by atomic mass is 10.1. The van der Waals surface area contributed by atoms with Gasteiger partial charge in [0.15, 0.2) is 5.13 Å². The van der Waals surface area contributed by atoms with Gasteiger partial charge in [0, 0.05) is 23.1 Å². The summed E-state index contributed by atoms with van der Waals surface area (Å²) in [5.74, 6) is -0.121. The van der Waals surface area contributed by atoms with E-state index in [4.69, 9.17) is 10.2 Å². The number of rotatable bonds is 6. The lowest BCUT2D eigenvalue weighted by Crippen LogP contribution is -2.32. The van der Waals surface area contributed by atoms with Gasteiger partial charge in [0.25, 0.3) is 5.91 Å². The van der Waals surface area contributed by atoms with E-state index in [1.807, 2.05) is 53.9 Å². The minimum absolute atomic E-state index is 0.121. The van der Waals surface area contributed by atoms with Gasteiger partial charge in [0.2, 0.25) is 0 Å². The Bertz CT molecular complexity index is 1160. The van der Waals surface area contributed by atoms with E-state index in [9.17, 15) is 4.79 Å². The van der Waals surface area contributed by atoms with Crippen molar-refractivity contribution in [2.24, 2.45) is 0 Å². The summed E-state index contributed by atoms with van der Waals surface area (Å²) in [5, 5.41) is 11.7. The SMILES string of the molecule is N#Cc1ccc(C(=O)N(CCc2ccccc2)c2nc(-c3ccccc3)cs2)cc1. The van der Waals surface area contributed by atoms with Crippen LogP contribution in [0, 0.1) is 11.3 Å². The van der Waals surface area contributed by atoms with Crippen molar-refractivity contribution in [1.29, 1.82) is 5.26 Å². The van der Waals surface area contributed by atoms with Crippen molar-refractivity contribution in [2.75, 3.05) is 11.4 Å². The predicted octanol–water partition coefficient (Wildman–Crippen LogP) is 5.57. The molecule has 0 aliphatic heterocycles. The summed E-state index contributed by atoms with van der Waals surface area (Å²) in [6.07, 6.45) is 0.725. The quantitative estimate of drug-likeness (QED) is 0.418. The van der Waals surface area contributed by atoms with Gasteiger partial charge in [0.1, 0.15) is 0 Å². The van der Waals surface area contributed by atoms with Gasteiger partial charge in [-0.25, -0.2) is 4.98 Å². The molecule has 4 aromatic rings. The van der Waals surface area contributed by atoms with Gasteiger partial charge in [-0.2, -0.15) is 5.26 Å². The summed E-state index contributed by atoms with van der Waals surface area (Å²) in [7, 11) is 0. The summed E-state index contributed by atoms with van der Waals surface area (Å²) < 4.78 is 0. The maximum Gasteiger partial charge on any atom is 0.260 e. The van der Waals surface area contributed by atoms with E-state index in [2.05, 4.69) is 18.2 Å². The minimum Gasteiger partial charge on any atom is -0.284 e. The normalized spacial score (nSPS) is 10.4. The van der Waals surface area contributed by atoms with Crippen LogP contribution < -0.4 is 4.90 Å². The highest BCUT2D eigenvalue weighted by molar-refractivity contribution is 7.14. The Balaban J connectivity index is 1.63. The topological polar surface area (TPSA) is 57.0 Å². The first-order valence-corrected chi connectivity index (χ1v) is 10.5. The van der Waals surface area contributed by atoms with Crippen molar-refractivity contribution in [2.45, 2.75) is 6.42 Å². The Morgan fingerprint density at radius 1 is 0.933 bits per heavy atom. The van der Waals surface area contributed by atoms with Crippen LogP contribution in [0.2, 0.25) is 0 Å². The Hall–Kier alpha value is -3.75. The fourth-order valence-electron chi connectivity index (χ4n) is 3.14. The molecule has 0 N–H and O–H groups in total. The molecule has 0 radical (unpaired) electrons. The number of carbonyl (C=O) groups excluding carboxylic acids is 1. The predicted molar refractivity (Wildman–Crippen MR) is 121 cm³/mol. The van der Waals surface area contributed by atoms with Gasteiger partial charge in [-0.05, 0) is 36.2 Å². The highest BCUT2D eigenvalue weighted by atomic mass is 32.1. The fourth-order valence-corrected chi connectivity index (χ4v) is 4.00. The lowest BCUT2D eigenvalue weighted by molar-refractivity contribution is 0.0987. The molecule has 3 aromatic carbocycles. The van der Waals surface area contributed by atoms with Crippen molar-refractivity contribution in [1.82, 2.24) is 4.98 Å². The Morgan fingerprint density at radius 2 is 1.60 bits per heavy atom. The zero-order chi connectivity index (χ0) is 20.8. The summed E-state index contributed by atoms with van der Waals surface area (Å²) in [4.78, 5) is 19.8. The first-order chi connectivity index (χ1) is 14.7. The monoisotopic (exact) mass is 409 g/mol. The van der Waals surface area contributed by atoms with Crippen molar-refractivity contribution < 1.29 is 4.79 Å². The van der Waals surface area contributed by atoms with E-state index in [1.54, 1.807) is 29.2 Å². The maximum absolute atomic E-state index is 13.3. The van der Waals surface area contributed by atoms with E-state index < -0.39 is 0 Å². The molecule has 1 amide bonds. The van der Waals surface area contributed by atoms with Crippen LogP contribution in [0.15, 0.2) is 90.3 Å². The second-order valence-electron chi connectivity index (χ2n) is 6.76. The van der Waals surface area contributed by atoms with Gasteiger partial charge in [0.05, 0.1) is 17.3 Å². The van der Waals surface area contributed by atoms with Crippen molar-refractivity contribution in [3.8, 4) is 17.3 Å². The molecule has 0 aliphatic rings. The van der Waals surface area contributed by atoms with Crippen LogP contribution in [0.5, 0.6) is 0 Å². The number of benzene rings is 3. The van der Waals surface area contributed by atoms with Gasteiger partial charge in [-0.1, -0.05) is 60.7 Å². The van der Waals surface area contributed by atoms with Gasteiger partial charge < -0.3 is 0 Å². The van der Waals surface area contributed by atoms with Crippen LogP contribution in [0.25, 0.3) is 11.3 Å². The first kappa shape index (κ1) is 19.6. The van der Waals surface area contributed by atoms with Crippen LogP contribution >= 0.6 is 11.3 Å². The Morgan fingerprint density at radius 3 is 2.27 bits per heavy atom. The number of anilines is 1. The van der Waals surface area contributed by atoms with E-state index in [0.717, 1.165) is 23.2 Å². The van der Waals surface area contributed by atoms with Crippen LogP contribution in [-0.2, 0) is 6.42 Å². The molecule has 0 saturated carbocycles. The average Bonchev–Trinajstić information content (AvgIpc) is 3.30. The third kappa shape index (κ3) is 4.45. The summed E-state index contributed by atoms with van der Waals surface area (Å²) >= 11 is 1.46. The van der Waals surface area contributed by atoms with Crippen LogP contribution in [0.3, 0.4) is 0 Å². The Kier molecular flexibility index (Phi) is 5.98. The molecule has 1 heterocycles. The summed E-state index contributed by atoms with van der Waals surface area (Å²) in [5.41, 5.74) is 4.11. The highest BCUT2D eigenvalue weighted by Crippen LogP contribution is 2.28. The fraction of sp³-hybridized carbons (Fsp3) is 0.0800. The zero-order valence-electron chi connectivity index (χ0n) is 16.2. The summed E-state index contributed by atoms with van der Waals surface area (Å²) in [6, 6.07) is 28.8. The number of thiazole rings is 1. The second kappa shape index (κ2) is 9.17. The molecule has 0 unspecified atom stereocenters. The van der Waals surface area contributed by atoms with Crippen molar-refractivity contribution >= 4 is 22.4 Å². The number of aromatic nitrogens is 1. The second-order valence-corrected chi connectivity index (χ2v) is 7.60. The van der Waals surface area contributed by atoms with E-state index in [-0.39, 0.29) is 5.91 Å². The smallest absolute Gasteiger partial charge is 0.260 e. The molecule has 0 spiro atoms. The lowest BCUT2D eigenvalue weighted by Gasteiger charge is -2.20. The number of hydrogen-bond acceptors (Lipinski definition) is 4. The largest absolute Gasteiger partial charge is 0.284 e. The Labute approximate surface area is 179 Å². The van der Waals surface area contributed by atoms with Crippen LogP contribution in [-0.4, -0.2) is 17.4 Å². The van der Waals surface area contributed by atoms with Crippen LogP contribution in [0.1, 0.15) is 21.5 Å². The summed E-state index contributed by atoms with van der Waals surface area (Å²) in [6.45, 7) is 0.518. The van der Waals surface area contributed by atoms with E-state index in [1.165, 1.54) is 11.3 Å². The van der Waals surface area contributed by atoms with Gasteiger partial charge in [-0.3, -0.25) is 9.69 Å². The van der Waals surface area contributed by atoms with E-state index in [0.29, 0.717) is 22.8 Å². The molecule has 1 aromatic heterocycles. The average molecular weight is 410 g/mol. The molecule has 0 saturated heterocycles. The number of nitriles is 1.